The van der Waals surface area contributed by atoms with Gasteiger partial charge >= 0.3 is 0 Å². The number of carbonyl (C=O) groups excluding carboxylic acids is 1. The maximum atomic E-state index is 11.6. The molecule has 0 aliphatic rings. The Morgan fingerprint density at radius 1 is 1.24 bits per heavy atom. The smallest absolute Gasteiger partial charge is 0.248 e. The van der Waals surface area contributed by atoms with Crippen molar-refractivity contribution in [2.45, 2.75) is 0 Å². The quantitative estimate of drug-likeness (QED) is 0.687. The normalized spacial score (nSPS) is 10.6. The van der Waals surface area contributed by atoms with Gasteiger partial charge in [-0.2, -0.15) is 0 Å². The first-order valence-electron chi connectivity index (χ1n) is 5.02. The Kier molecular flexibility index (Phi) is 3.98. The van der Waals surface area contributed by atoms with Crippen LogP contribution in [0.1, 0.15) is 5.76 Å². The largest absolute Gasteiger partial charge is 0.465 e. The summed E-state index contributed by atoms with van der Waals surface area (Å²) in [6.07, 6.45) is 4.63. The van der Waals surface area contributed by atoms with Gasteiger partial charge in [-0.1, -0.05) is 0 Å². The summed E-state index contributed by atoms with van der Waals surface area (Å²) in [7, 11) is 0. The van der Waals surface area contributed by atoms with Crippen molar-refractivity contribution in [3.05, 3.63) is 58.1 Å². The molecule has 0 spiro atoms. The van der Waals surface area contributed by atoms with Crippen LogP contribution in [0.3, 0.4) is 0 Å². The number of anilines is 1. The van der Waals surface area contributed by atoms with Crippen LogP contribution in [-0.4, -0.2) is 5.91 Å². The number of benzene rings is 1. The number of nitrogens with one attached hydrogen (secondary N) is 1. The van der Waals surface area contributed by atoms with Gasteiger partial charge in [0.15, 0.2) is 0 Å². The Hall–Kier alpha value is -1.56. The molecule has 1 N–H and O–H groups in total. The summed E-state index contributed by atoms with van der Waals surface area (Å²) in [5.74, 6) is 0.477. The second kappa shape index (κ2) is 5.67. The minimum atomic E-state index is -0.178. The van der Waals surface area contributed by atoms with E-state index in [1.165, 1.54) is 6.08 Å². The average molecular weight is 339 g/mol. The Morgan fingerprint density at radius 3 is 2.65 bits per heavy atom. The van der Waals surface area contributed by atoms with Crippen molar-refractivity contribution in [1.29, 1.82) is 0 Å². The number of hydrogen-bond donors (Lipinski definition) is 1. The van der Waals surface area contributed by atoms with E-state index in [0.717, 1.165) is 9.26 Å². The van der Waals surface area contributed by atoms with Gasteiger partial charge in [0.05, 0.1) is 6.26 Å². The van der Waals surface area contributed by atoms with Crippen LogP contribution in [0.5, 0.6) is 0 Å². The zero-order valence-corrected chi connectivity index (χ0v) is 11.0. The fraction of sp³-hybridized carbons (Fsp3) is 0. The summed E-state index contributed by atoms with van der Waals surface area (Å²) in [4.78, 5) is 11.6. The summed E-state index contributed by atoms with van der Waals surface area (Å²) in [5, 5.41) is 2.76. The molecule has 0 unspecified atom stereocenters. The highest BCUT2D eigenvalue weighted by atomic mass is 127. The van der Waals surface area contributed by atoms with Gasteiger partial charge in [0.25, 0.3) is 0 Å². The van der Waals surface area contributed by atoms with E-state index in [0.29, 0.717) is 5.76 Å². The zero-order valence-electron chi connectivity index (χ0n) is 8.89. The van der Waals surface area contributed by atoms with Crippen LogP contribution in [0, 0.1) is 3.57 Å². The second-order valence-electron chi connectivity index (χ2n) is 3.34. The molecule has 0 saturated heterocycles. The van der Waals surface area contributed by atoms with Gasteiger partial charge in [0.1, 0.15) is 5.76 Å². The van der Waals surface area contributed by atoms with Gasteiger partial charge in [-0.3, -0.25) is 4.79 Å². The maximum Gasteiger partial charge on any atom is 0.248 e. The number of rotatable bonds is 3. The molecule has 1 amide bonds. The summed E-state index contributed by atoms with van der Waals surface area (Å²) >= 11 is 2.21. The lowest BCUT2D eigenvalue weighted by atomic mass is 10.3. The van der Waals surface area contributed by atoms with Gasteiger partial charge in [-0.25, -0.2) is 0 Å². The van der Waals surface area contributed by atoms with Crippen molar-refractivity contribution in [1.82, 2.24) is 0 Å². The minimum absolute atomic E-state index is 0.178. The SMILES string of the molecule is O=C(C=Cc1ccco1)Nc1ccc(I)cc1. The van der Waals surface area contributed by atoms with E-state index < -0.39 is 0 Å². The molecule has 0 saturated carbocycles. The van der Waals surface area contributed by atoms with Gasteiger partial charge in [0.2, 0.25) is 5.91 Å². The first-order chi connectivity index (χ1) is 8.24. The molecule has 4 heteroatoms. The Balaban J connectivity index is 1.95. The third-order valence-corrected chi connectivity index (χ3v) is 2.77. The molecular formula is C13H10INO2. The lowest BCUT2D eigenvalue weighted by Gasteiger charge is -2.01. The van der Waals surface area contributed by atoms with Crippen molar-refractivity contribution in [3.8, 4) is 0 Å². The fourth-order valence-corrected chi connectivity index (χ4v) is 1.62. The lowest BCUT2D eigenvalue weighted by molar-refractivity contribution is -0.111. The van der Waals surface area contributed by atoms with Gasteiger partial charge in [0, 0.05) is 15.3 Å². The van der Waals surface area contributed by atoms with E-state index in [4.69, 9.17) is 4.42 Å². The van der Waals surface area contributed by atoms with Crippen LogP contribution in [0.4, 0.5) is 5.69 Å². The molecule has 2 aromatic rings. The third kappa shape index (κ3) is 3.74. The molecular weight excluding hydrogens is 329 g/mol. The minimum Gasteiger partial charge on any atom is -0.465 e. The van der Waals surface area contributed by atoms with Crippen molar-refractivity contribution >= 4 is 40.3 Å². The summed E-state index contributed by atoms with van der Waals surface area (Å²) in [5.41, 5.74) is 0.777. The van der Waals surface area contributed by atoms with E-state index in [9.17, 15) is 4.79 Å². The molecule has 0 aliphatic heterocycles. The molecule has 0 radical (unpaired) electrons. The van der Waals surface area contributed by atoms with Crippen molar-refractivity contribution in [2.75, 3.05) is 5.32 Å². The van der Waals surface area contributed by atoms with Crippen molar-refractivity contribution < 1.29 is 9.21 Å². The number of hydrogen-bond acceptors (Lipinski definition) is 2. The van der Waals surface area contributed by atoms with E-state index in [2.05, 4.69) is 27.9 Å². The highest BCUT2D eigenvalue weighted by molar-refractivity contribution is 14.1. The molecule has 0 fully saturated rings. The maximum absolute atomic E-state index is 11.6. The van der Waals surface area contributed by atoms with Crippen LogP contribution >= 0.6 is 22.6 Å². The second-order valence-corrected chi connectivity index (χ2v) is 4.59. The van der Waals surface area contributed by atoms with Gasteiger partial charge < -0.3 is 9.73 Å². The number of carbonyl (C=O) groups is 1. The fourth-order valence-electron chi connectivity index (χ4n) is 1.26. The van der Waals surface area contributed by atoms with E-state index in [1.807, 2.05) is 24.3 Å². The predicted molar refractivity (Wildman–Crippen MR) is 75.5 cm³/mol. The first kappa shape index (κ1) is 11.9. The van der Waals surface area contributed by atoms with Crippen molar-refractivity contribution in [3.63, 3.8) is 0 Å². The highest BCUT2D eigenvalue weighted by Crippen LogP contribution is 2.11. The van der Waals surface area contributed by atoms with Crippen LogP contribution in [0.15, 0.2) is 53.2 Å². The average Bonchev–Trinajstić information content (AvgIpc) is 2.83. The Labute approximate surface area is 113 Å². The zero-order chi connectivity index (χ0) is 12.1. The molecule has 86 valence electrons. The summed E-state index contributed by atoms with van der Waals surface area (Å²) < 4.78 is 6.21. The van der Waals surface area contributed by atoms with Crippen LogP contribution < -0.4 is 5.32 Å². The van der Waals surface area contributed by atoms with Crippen LogP contribution in [0.2, 0.25) is 0 Å². The van der Waals surface area contributed by atoms with Gasteiger partial charge in [-0.05, 0) is 65.1 Å². The topological polar surface area (TPSA) is 42.2 Å². The van der Waals surface area contributed by atoms with Crippen molar-refractivity contribution in [2.24, 2.45) is 0 Å². The Bertz CT molecular complexity index is 515. The van der Waals surface area contributed by atoms with Gasteiger partial charge in [-0.15, -0.1) is 0 Å². The molecule has 3 nitrogen and oxygen atoms in total. The third-order valence-electron chi connectivity index (χ3n) is 2.05. The highest BCUT2D eigenvalue weighted by Gasteiger charge is 1.97. The molecule has 0 aliphatic carbocycles. The van der Waals surface area contributed by atoms with E-state index in [1.54, 1.807) is 24.5 Å². The summed E-state index contributed by atoms with van der Waals surface area (Å²) in [6.45, 7) is 0. The van der Waals surface area contributed by atoms with Crippen LogP contribution in [0.25, 0.3) is 6.08 Å². The molecule has 1 heterocycles. The number of halogens is 1. The number of furan rings is 1. The lowest BCUT2D eigenvalue weighted by Crippen LogP contribution is -2.07. The summed E-state index contributed by atoms with van der Waals surface area (Å²) in [6, 6.07) is 11.2. The standard InChI is InChI=1S/C13H10INO2/c14-10-3-5-11(6-4-10)15-13(16)8-7-12-2-1-9-17-12/h1-9H,(H,15,16). The predicted octanol–water partition coefficient (Wildman–Crippen LogP) is 3.54. The van der Waals surface area contributed by atoms with E-state index >= 15 is 0 Å². The first-order valence-corrected chi connectivity index (χ1v) is 6.10. The molecule has 0 bridgehead atoms. The monoisotopic (exact) mass is 339 g/mol. The molecule has 1 aromatic carbocycles. The molecule has 1 aromatic heterocycles. The number of amides is 1. The molecule has 17 heavy (non-hydrogen) atoms. The van der Waals surface area contributed by atoms with Crippen LogP contribution in [-0.2, 0) is 4.79 Å². The van der Waals surface area contributed by atoms with E-state index in [-0.39, 0.29) is 5.91 Å². The Morgan fingerprint density at radius 2 is 2.00 bits per heavy atom. The molecule has 0 atom stereocenters. The molecule has 2 rings (SSSR count).